The van der Waals surface area contributed by atoms with Gasteiger partial charge in [0.25, 0.3) is 11.8 Å². The van der Waals surface area contributed by atoms with Gasteiger partial charge in [-0.05, 0) is 54.9 Å². The maximum atomic E-state index is 12.9. The van der Waals surface area contributed by atoms with Crippen LogP contribution in [0.4, 0.5) is 5.69 Å². The van der Waals surface area contributed by atoms with Crippen LogP contribution < -0.4 is 10.6 Å². The number of piperidine rings is 1. The first kappa shape index (κ1) is 20.0. The Labute approximate surface area is 176 Å². The molecule has 2 aromatic carbocycles. The van der Waals surface area contributed by atoms with E-state index in [0.717, 1.165) is 30.4 Å². The minimum Gasteiger partial charge on any atom is -0.349 e. The van der Waals surface area contributed by atoms with Gasteiger partial charge in [-0.15, -0.1) is 0 Å². The molecule has 6 heteroatoms. The summed E-state index contributed by atoms with van der Waals surface area (Å²) in [4.78, 5) is 32.2. The fraction of sp³-hybridized carbons (Fsp3) is 0.292. The minimum absolute atomic E-state index is 0.227. The second-order valence-electron chi connectivity index (χ2n) is 7.54. The monoisotopic (exact) mass is 402 g/mol. The number of nitrogens with zero attached hydrogens (tertiary/aromatic N) is 2. The van der Waals surface area contributed by atoms with E-state index in [4.69, 9.17) is 0 Å². The maximum Gasteiger partial charge on any atom is 0.272 e. The summed E-state index contributed by atoms with van der Waals surface area (Å²) < 4.78 is 0. The van der Waals surface area contributed by atoms with Crippen molar-refractivity contribution in [2.24, 2.45) is 0 Å². The van der Waals surface area contributed by atoms with Crippen molar-refractivity contribution in [2.75, 3.05) is 31.5 Å². The molecule has 6 nitrogen and oxygen atoms in total. The summed E-state index contributed by atoms with van der Waals surface area (Å²) in [5, 5.41) is 7.66. The van der Waals surface area contributed by atoms with E-state index < -0.39 is 0 Å². The van der Waals surface area contributed by atoms with Crippen LogP contribution in [0, 0.1) is 0 Å². The van der Waals surface area contributed by atoms with Crippen molar-refractivity contribution in [3.05, 3.63) is 72.1 Å². The smallest absolute Gasteiger partial charge is 0.272 e. The van der Waals surface area contributed by atoms with Crippen molar-refractivity contribution < 1.29 is 9.59 Å². The molecule has 0 saturated carbocycles. The van der Waals surface area contributed by atoms with Crippen LogP contribution in [0.15, 0.2) is 60.8 Å². The lowest BCUT2D eigenvalue weighted by Crippen LogP contribution is -2.38. The number of carbonyl (C=O) groups is 2. The van der Waals surface area contributed by atoms with Crippen molar-refractivity contribution in [3.63, 3.8) is 0 Å². The van der Waals surface area contributed by atoms with E-state index >= 15 is 0 Å². The van der Waals surface area contributed by atoms with Crippen molar-refractivity contribution >= 4 is 28.3 Å². The second-order valence-corrected chi connectivity index (χ2v) is 7.54. The van der Waals surface area contributed by atoms with Crippen LogP contribution in [0.2, 0.25) is 0 Å². The number of carbonyl (C=O) groups excluding carboxylic acids is 2. The average molecular weight is 402 g/mol. The second kappa shape index (κ2) is 9.50. The molecule has 1 fully saturated rings. The van der Waals surface area contributed by atoms with E-state index in [0.29, 0.717) is 17.8 Å². The Bertz CT molecular complexity index is 1040. The van der Waals surface area contributed by atoms with E-state index in [1.807, 2.05) is 36.4 Å². The van der Waals surface area contributed by atoms with Crippen molar-refractivity contribution in [1.82, 2.24) is 15.2 Å². The van der Waals surface area contributed by atoms with Crippen molar-refractivity contribution in [1.29, 1.82) is 0 Å². The van der Waals surface area contributed by atoms with Gasteiger partial charge in [0.05, 0.1) is 5.69 Å². The number of rotatable bonds is 6. The fourth-order valence-corrected chi connectivity index (χ4v) is 3.89. The van der Waals surface area contributed by atoms with Crippen LogP contribution in [0.1, 0.15) is 40.1 Å². The summed E-state index contributed by atoms with van der Waals surface area (Å²) in [5.41, 5.74) is 1.20. The van der Waals surface area contributed by atoms with Gasteiger partial charge in [-0.2, -0.15) is 0 Å². The van der Waals surface area contributed by atoms with Gasteiger partial charge < -0.3 is 15.5 Å². The first-order chi connectivity index (χ1) is 14.7. The first-order valence-electron chi connectivity index (χ1n) is 10.5. The molecule has 1 aliphatic rings. The quantitative estimate of drug-likeness (QED) is 0.659. The molecule has 2 N–H and O–H groups in total. The maximum absolute atomic E-state index is 12.9. The topological polar surface area (TPSA) is 74.3 Å². The molecule has 1 saturated heterocycles. The summed E-state index contributed by atoms with van der Waals surface area (Å²) >= 11 is 0. The molecule has 1 aliphatic heterocycles. The Morgan fingerprint density at radius 1 is 0.900 bits per heavy atom. The summed E-state index contributed by atoms with van der Waals surface area (Å²) in [6, 6.07) is 16.8. The van der Waals surface area contributed by atoms with Crippen LogP contribution in [-0.4, -0.2) is 47.9 Å². The number of pyridine rings is 1. The number of nitrogens with one attached hydrogen (secondary N) is 2. The molecular formula is C24H26N4O2. The summed E-state index contributed by atoms with van der Waals surface area (Å²) in [6.45, 7) is 3.57. The molecule has 0 radical (unpaired) electrons. The molecule has 0 atom stereocenters. The first-order valence-corrected chi connectivity index (χ1v) is 10.5. The summed E-state index contributed by atoms with van der Waals surface area (Å²) in [6.07, 6.45) is 5.29. The highest BCUT2D eigenvalue weighted by atomic mass is 16.2. The Morgan fingerprint density at radius 3 is 2.57 bits per heavy atom. The van der Waals surface area contributed by atoms with Gasteiger partial charge in [-0.1, -0.05) is 42.8 Å². The minimum atomic E-state index is -0.277. The predicted octanol–water partition coefficient (Wildman–Crippen LogP) is 3.70. The lowest BCUT2D eigenvalue weighted by molar-refractivity contribution is 0.0942. The zero-order valence-electron chi connectivity index (χ0n) is 16.9. The number of hydrogen-bond donors (Lipinski definition) is 2. The molecule has 2 heterocycles. The molecule has 0 bridgehead atoms. The SMILES string of the molecule is O=C(NCCN1CCCCC1)c1ncccc1NC(=O)c1cccc2ccccc12. The molecular weight excluding hydrogens is 376 g/mol. The van der Waals surface area contributed by atoms with E-state index in [-0.39, 0.29) is 17.5 Å². The number of fused-ring (bicyclic) bond motifs is 1. The molecule has 2 amide bonds. The number of benzene rings is 2. The van der Waals surface area contributed by atoms with Gasteiger partial charge in [0, 0.05) is 24.8 Å². The third-order valence-electron chi connectivity index (χ3n) is 5.47. The Kier molecular flexibility index (Phi) is 6.35. The Balaban J connectivity index is 1.44. The van der Waals surface area contributed by atoms with E-state index in [1.54, 1.807) is 24.4 Å². The largest absolute Gasteiger partial charge is 0.349 e. The number of likely N-dealkylation sites (tertiary alicyclic amines) is 1. The lowest BCUT2D eigenvalue weighted by Gasteiger charge is -2.26. The number of anilines is 1. The third kappa shape index (κ3) is 4.66. The highest BCUT2D eigenvalue weighted by Crippen LogP contribution is 2.21. The summed E-state index contributed by atoms with van der Waals surface area (Å²) in [5.74, 6) is -0.539. The number of aromatic nitrogens is 1. The normalized spacial score (nSPS) is 14.4. The third-order valence-corrected chi connectivity index (χ3v) is 5.47. The van der Waals surface area contributed by atoms with Crippen LogP contribution >= 0.6 is 0 Å². The van der Waals surface area contributed by atoms with Crippen LogP contribution in [0.3, 0.4) is 0 Å². The lowest BCUT2D eigenvalue weighted by atomic mass is 10.0. The number of amides is 2. The van der Waals surface area contributed by atoms with Crippen molar-refractivity contribution in [3.8, 4) is 0 Å². The van der Waals surface area contributed by atoms with Gasteiger partial charge >= 0.3 is 0 Å². The standard InChI is InChI=1S/C24H26N4O2/c29-23(20-11-6-9-18-8-2-3-10-19(18)20)27-21-12-7-13-25-22(21)24(30)26-14-17-28-15-4-1-5-16-28/h2-3,6-13H,1,4-5,14-17H2,(H,26,30)(H,27,29). The molecule has 1 aromatic heterocycles. The molecule has 30 heavy (non-hydrogen) atoms. The highest BCUT2D eigenvalue weighted by Gasteiger charge is 2.17. The number of hydrogen-bond acceptors (Lipinski definition) is 4. The molecule has 0 unspecified atom stereocenters. The Hall–Kier alpha value is -3.25. The highest BCUT2D eigenvalue weighted by molar-refractivity contribution is 6.14. The van der Waals surface area contributed by atoms with E-state index in [1.165, 1.54) is 19.3 Å². The van der Waals surface area contributed by atoms with Gasteiger partial charge in [-0.25, -0.2) is 4.98 Å². The van der Waals surface area contributed by atoms with E-state index in [2.05, 4.69) is 20.5 Å². The molecule has 0 spiro atoms. The summed E-state index contributed by atoms with van der Waals surface area (Å²) in [7, 11) is 0. The van der Waals surface area contributed by atoms with Gasteiger partial charge in [0.2, 0.25) is 0 Å². The predicted molar refractivity (Wildman–Crippen MR) is 119 cm³/mol. The van der Waals surface area contributed by atoms with Crippen LogP contribution in [0.5, 0.6) is 0 Å². The van der Waals surface area contributed by atoms with Gasteiger partial charge in [0.15, 0.2) is 5.69 Å². The zero-order valence-corrected chi connectivity index (χ0v) is 16.9. The molecule has 154 valence electrons. The molecule has 4 rings (SSSR count). The molecule has 3 aromatic rings. The molecule has 0 aliphatic carbocycles. The van der Waals surface area contributed by atoms with Crippen LogP contribution in [0.25, 0.3) is 10.8 Å². The average Bonchev–Trinajstić information content (AvgIpc) is 2.79. The fourth-order valence-electron chi connectivity index (χ4n) is 3.89. The van der Waals surface area contributed by atoms with Gasteiger partial charge in [-0.3, -0.25) is 9.59 Å². The van der Waals surface area contributed by atoms with Crippen molar-refractivity contribution in [2.45, 2.75) is 19.3 Å². The zero-order chi connectivity index (χ0) is 20.8. The van der Waals surface area contributed by atoms with E-state index in [9.17, 15) is 9.59 Å². The Morgan fingerprint density at radius 2 is 1.70 bits per heavy atom. The van der Waals surface area contributed by atoms with Gasteiger partial charge in [0.1, 0.15) is 0 Å². The van der Waals surface area contributed by atoms with Crippen LogP contribution in [-0.2, 0) is 0 Å².